The van der Waals surface area contributed by atoms with Gasteiger partial charge in [-0.2, -0.15) is 0 Å². The second-order valence-electron chi connectivity index (χ2n) is 5.57. The van der Waals surface area contributed by atoms with Gasteiger partial charge >= 0.3 is 0 Å². The van der Waals surface area contributed by atoms with Crippen molar-refractivity contribution in [2.45, 2.75) is 20.3 Å². The molecule has 0 aromatic heterocycles. The Kier molecular flexibility index (Phi) is 3.77. The van der Waals surface area contributed by atoms with Crippen LogP contribution in [0.15, 0.2) is 16.6 Å². The van der Waals surface area contributed by atoms with E-state index in [1.165, 1.54) is 0 Å². The lowest BCUT2D eigenvalue weighted by Gasteiger charge is -2.22. The molecule has 1 aliphatic heterocycles. The van der Waals surface area contributed by atoms with Crippen LogP contribution in [-0.2, 0) is 4.79 Å². The van der Waals surface area contributed by atoms with Gasteiger partial charge in [-0.05, 0) is 38.0 Å². The van der Waals surface area contributed by atoms with E-state index in [0.717, 1.165) is 10.0 Å². The highest BCUT2D eigenvalue weighted by Gasteiger charge is 2.41. The summed E-state index contributed by atoms with van der Waals surface area (Å²) in [6.07, 6.45) is 0.594. The van der Waals surface area contributed by atoms with Crippen LogP contribution in [0.2, 0.25) is 0 Å². The van der Waals surface area contributed by atoms with Crippen molar-refractivity contribution in [3.8, 4) is 0 Å². The van der Waals surface area contributed by atoms with E-state index < -0.39 is 5.41 Å². The van der Waals surface area contributed by atoms with Gasteiger partial charge < -0.3 is 16.4 Å². The first kappa shape index (κ1) is 14.8. The number of benzene rings is 1. The van der Waals surface area contributed by atoms with Gasteiger partial charge in [0.25, 0.3) is 5.91 Å². The van der Waals surface area contributed by atoms with E-state index in [4.69, 9.17) is 11.5 Å². The molecule has 1 unspecified atom stereocenters. The molecule has 6 heteroatoms. The third-order valence-corrected chi connectivity index (χ3v) is 4.46. The standard InChI is InChI=1S/C14H18BrN3O2/c1-8-10(5-9(15)6-11(8)16)12(19)18-4-3-14(2,7-18)13(17)20/h5-6H,3-4,7,16H2,1-2H3,(H2,17,20). The molecule has 0 radical (unpaired) electrons. The maximum absolute atomic E-state index is 12.6. The molecule has 1 aromatic carbocycles. The Hall–Kier alpha value is -1.56. The predicted molar refractivity (Wildman–Crippen MR) is 81.1 cm³/mol. The van der Waals surface area contributed by atoms with Gasteiger partial charge in [-0.3, -0.25) is 9.59 Å². The van der Waals surface area contributed by atoms with E-state index in [-0.39, 0.29) is 11.8 Å². The van der Waals surface area contributed by atoms with Crippen LogP contribution in [0.1, 0.15) is 29.3 Å². The Morgan fingerprint density at radius 1 is 1.40 bits per heavy atom. The number of rotatable bonds is 2. The van der Waals surface area contributed by atoms with E-state index in [2.05, 4.69) is 15.9 Å². The molecule has 108 valence electrons. The summed E-state index contributed by atoms with van der Waals surface area (Å²) in [5.41, 5.74) is 12.5. The zero-order valence-corrected chi connectivity index (χ0v) is 13.2. The number of carbonyl (C=O) groups is 2. The summed E-state index contributed by atoms with van der Waals surface area (Å²) in [5, 5.41) is 0. The molecule has 4 N–H and O–H groups in total. The smallest absolute Gasteiger partial charge is 0.254 e. The fourth-order valence-corrected chi connectivity index (χ4v) is 2.90. The molecule has 5 nitrogen and oxygen atoms in total. The number of nitrogens with two attached hydrogens (primary N) is 2. The Bertz CT molecular complexity index is 588. The van der Waals surface area contributed by atoms with Crippen molar-refractivity contribution in [2.24, 2.45) is 11.1 Å². The van der Waals surface area contributed by atoms with Gasteiger partial charge in [0.05, 0.1) is 5.41 Å². The molecule has 20 heavy (non-hydrogen) atoms. The van der Waals surface area contributed by atoms with E-state index in [9.17, 15) is 9.59 Å². The average Bonchev–Trinajstić information content (AvgIpc) is 2.77. The van der Waals surface area contributed by atoms with Crippen LogP contribution in [0, 0.1) is 12.3 Å². The fourth-order valence-electron chi connectivity index (χ4n) is 2.43. The zero-order chi connectivity index (χ0) is 15.1. The molecular formula is C14H18BrN3O2. The number of anilines is 1. The molecule has 0 bridgehead atoms. The molecule has 1 saturated heterocycles. The maximum Gasteiger partial charge on any atom is 0.254 e. The maximum atomic E-state index is 12.6. The number of nitrogens with zero attached hydrogens (tertiary/aromatic N) is 1. The lowest BCUT2D eigenvalue weighted by Crippen LogP contribution is -2.38. The second-order valence-corrected chi connectivity index (χ2v) is 6.48. The number of hydrogen-bond donors (Lipinski definition) is 2. The van der Waals surface area contributed by atoms with Crippen molar-refractivity contribution in [3.63, 3.8) is 0 Å². The molecule has 0 saturated carbocycles. The molecular weight excluding hydrogens is 322 g/mol. The monoisotopic (exact) mass is 339 g/mol. The first-order valence-electron chi connectivity index (χ1n) is 6.39. The second kappa shape index (κ2) is 5.09. The minimum absolute atomic E-state index is 0.111. The topological polar surface area (TPSA) is 89.4 Å². The minimum Gasteiger partial charge on any atom is -0.398 e. The summed E-state index contributed by atoms with van der Waals surface area (Å²) in [4.78, 5) is 25.7. The minimum atomic E-state index is -0.638. The van der Waals surface area contributed by atoms with Gasteiger partial charge in [0, 0.05) is 28.8 Å². The summed E-state index contributed by atoms with van der Waals surface area (Å²) in [6.45, 7) is 4.50. The van der Waals surface area contributed by atoms with Gasteiger partial charge in [-0.1, -0.05) is 15.9 Å². The van der Waals surface area contributed by atoms with Crippen LogP contribution in [0.4, 0.5) is 5.69 Å². The van der Waals surface area contributed by atoms with Crippen LogP contribution in [0.5, 0.6) is 0 Å². The predicted octanol–water partition coefficient (Wildman–Crippen LogP) is 1.68. The van der Waals surface area contributed by atoms with Gasteiger partial charge in [0.1, 0.15) is 0 Å². The summed E-state index contributed by atoms with van der Waals surface area (Å²) in [7, 11) is 0. The van der Waals surface area contributed by atoms with Crippen molar-refractivity contribution in [3.05, 3.63) is 27.7 Å². The quantitative estimate of drug-likeness (QED) is 0.803. The molecule has 0 aliphatic carbocycles. The summed E-state index contributed by atoms with van der Waals surface area (Å²) >= 11 is 3.34. The number of hydrogen-bond acceptors (Lipinski definition) is 3. The van der Waals surface area contributed by atoms with Crippen molar-refractivity contribution < 1.29 is 9.59 Å². The van der Waals surface area contributed by atoms with Crippen LogP contribution in [-0.4, -0.2) is 29.8 Å². The van der Waals surface area contributed by atoms with Crippen LogP contribution in [0.25, 0.3) is 0 Å². The molecule has 1 fully saturated rings. The van der Waals surface area contributed by atoms with Gasteiger partial charge in [-0.25, -0.2) is 0 Å². The Morgan fingerprint density at radius 2 is 2.05 bits per heavy atom. The van der Waals surface area contributed by atoms with E-state index in [1.807, 2.05) is 6.92 Å². The van der Waals surface area contributed by atoms with Crippen LogP contribution >= 0.6 is 15.9 Å². The number of nitrogen functional groups attached to an aromatic ring is 1. The number of likely N-dealkylation sites (tertiary alicyclic amines) is 1. The normalized spacial score (nSPS) is 22.1. The van der Waals surface area contributed by atoms with Gasteiger partial charge in [0.2, 0.25) is 5.91 Å². The first-order chi connectivity index (χ1) is 9.24. The van der Waals surface area contributed by atoms with E-state index in [0.29, 0.717) is 30.8 Å². The molecule has 1 atom stereocenters. The third-order valence-electron chi connectivity index (χ3n) is 4.00. The zero-order valence-electron chi connectivity index (χ0n) is 11.6. The Balaban J connectivity index is 2.28. The molecule has 2 rings (SSSR count). The Labute approximate surface area is 126 Å². The summed E-state index contributed by atoms with van der Waals surface area (Å²) in [5.74, 6) is -0.473. The fraction of sp³-hybridized carbons (Fsp3) is 0.429. The number of halogens is 1. The summed E-state index contributed by atoms with van der Waals surface area (Å²) < 4.78 is 0.765. The van der Waals surface area contributed by atoms with E-state index >= 15 is 0 Å². The van der Waals surface area contributed by atoms with Crippen molar-refractivity contribution in [2.75, 3.05) is 18.8 Å². The highest BCUT2D eigenvalue weighted by atomic mass is 79.9. The summed E-state index contributed by atoms with van der Waals surface area (Å²) in [6, 6.07) is 3.53. The third kappa shape index (κ3) is 2.52. The molecule has 1 heterocycles. The molecule has 0 spiro atoms. The Morgan fingerprint density at radius 3 is 2.60 bits per heavy atom. The van der Waals surface area contributed by atoms with Gasteiger partial charge in [-0.15, -0.1) is 0 Å². The van der Waals surface area contributed by atoms with E-state index in [1.54, 1.807) is 24.0 Å². The first-order valence-corrected chi connectivity index (χ1v) is 7.19. The SMILES string of the molecule is Cc1c(N)cc(Br)cc1C(=O)N1CCC(C)(C(N)=O)C1. The average molecular weight is 340 g/mol. The van der Waals surface area contributed by atoms with Gasteiger partial charge in [0.15, 0.2) is 0 Å². The highest BCUT2D eigenvalue weighted by Crippen LogP contribution is 2.32. The lowest BCUT2D eigenvalue weighted by atomic mass is 9.89. The largest absolute Gasteiger partial charge is 0.398 e. The number of amides is 2. The molecule has 1 aromatic rings. The van der Waals surface area contributed by atoms with Crippen molar-refractivity contribution in [1.82, 2.24) is 4.90 Å². The van der Waals surface area contributed by atoms with Crippen LogP contribution < -0.4 is 11.5 Å². The highest BCUT2D eigenvalue weighted by molar-refractivity contribution is 9.10. The van der Waals surface area contributed by atoms with Crippen molar-refractivity contribution in [1.29, 1.82) is 0 Å². The molecule has 1 aliphatic rings. The van der Waals surface area contributed by atoms with Crippen molar-refractivity contribution >= 4 is 33.4 Å². The number of carbonyl (C=O) groups excluding carboxylic acids is 2. The van der Waals surface area contributed by atoms with Crippen LogP contribution in [0.3, 0.4) is 0 Å². The molecule has 2 amide bonds. The lowest BCUT2D eigenvalue weighted by molar-refractivity contribution is -0.126. The number of primary amides is 1.